The van der Waals surface area contributed by atoms with Crippen LogP contribution in [0.1, 0.15) is 5.69 Å². The van der Waals surface area contributed by atoms with E-state index in [1.165, 1.54) is 0 Å². The monoisotopic (exact) mass is 336 g/mol. The van der Waals surface area contributed by atoms with Crippen LogP contribution < -0.4 is 10.5 Å². The molecule has 1 aliphatic heterocycles. The lowest BCUT2D eigenvalue weighted by Crippen LogP contribution is -2.47. The van der Waals surface area contributed by atoms with Crippen LogP contribution in [-0.2, 0) is 13.6 Å². The molecule has 1 saturated heterocycles. The quantitative estimate of drug-likeness (QED) is 0.712. The van der Waals surface area contributed by atoms with Crippen LogP contribution in [0.3, 0.4) is 0 Å². The number of aromatic nitrogens is 4. The van der Waals surface area contributed by atoms with E-state index in [1.54, 1.807) is 24.0 Å². The van der Waals surface area contributed by atoms with Gasteiger partial charge in [-0.15, -0.1) is 0 Å². The first kappa shape index (κ1) is 15.7. The third-order valence-corrected chi connectivity index (χ3v) is 4.63. The smallest absolute Gasteiger partial charge is 0.273 e. The van der Waals surface area contributed by atoms with Gasteiger partial charge in [-0.05, 0) is 18.2 Å². The number of fused-ring (bicyclic) bond motifs is 1. The number of para-hydroxylation sites is 2. The Bertz CT molecular complexity index is 931. The largest absolute Gasteiger partial charge is 0.338 e. The zero-order valence-corrected chi connectivity index (χ0v) is 14.2. The van der Waals surface area contributed by atoms with Crippen molar-refractivity contribution in [3.63, 3.8) is 0 Å². The molecule has 25 heavy (non-hydrogen) atoms. The van der Waals surface area contributed by atoms with Crippen molar-refractivity contribution in [3.05, 3.63) is 58.8 Å². The molecule has 7 nitrogen and oxygen atoms in total. The molecule has 0 atom stereocenters. The molecule has 0 spiro atoms. The van der Waals surface area contributed by atoms with Gasteiger partial charge in [-0.2, -0.15) is 0 Å². The second-order valence-electron chi connectivity index (χ2n) is 6.22. The van der Waals surface area contributed by atoms with Gasteiger partial charge in [-0.3, -0.25) is 9.69 Å². The Hall–Kier alpha value is -2.80. The van der Waals surface area contributed by atoms with Crippen LogP contribution >= 0.6 is 0 Å². The van der Waals surface area contributed by atoms with Crippen molar-refractivity contribution in [2.24, 2.45) is 7.05 Å². The third-order valence-electron chi connectivity index (χ3n) is 4.63. The summed E-state index contributed by atoms with van der Waals surface area (Å²) in [5.41, 5.74) is 2.30. The van der Waals surface area contributed by atoms with Gasteiger partial charge in [0.2, 0.25) is 5.95 Å². The number of hydrogen-bond acceptors (Lipinski definition) is 6. The van der Waals surface area contributed by atoms with E-state index in [-0.39, 0.29) is 5.56 Å². The lowest BCUT2D eigenvalue weighted by molar-refractivity contribution is 0.245. The molecule has 3 heterocycles. The van der Waals surface area contributed by atoms with Crippen LogP contribution in [0.25, 0.3) is 11.0 Å². The summed E-state index contributed by atoms with van der Waals surface area (Å²) in [5, 5.41) is 0. The van der Waals surface area contributed by atoms with E-state index < -0.39 is 0 Å². The molecule has 1 aliphatic rings. The van der Waals surface area contributed by atoms with Crippen molar-refractivity contribution in [1.82, 2.24) is 24.4 Å². The van der Waals surface area contributed by atoms with Gasteiger partial charge in [0.1, 0.15) is 5.69 Å². The number of anilines is 1. The van der Waals surface area contributed by atoms with Crippen LogP contribution in [0.2, 0.25) is 0 Å². The van der Waals surface area contributed by atoms with E-state index in [9.17, 15) is 4.79 Å². The highest BCUT2D eigenvalue weighted by Gasteiger charge is 2.20. The van der Waals surface area contributed by atoms with Crippen molar-refractivity contribution < 1.29 is 0 Å². The van der Waals surface area contributed by atoms with Gasteiger partial charge in [0, 0.05) is 52.2 Å². The van der Waals surface area contributed by atoms with Crippen molar-refractivity contribution in [3.8, 4) is 0 Å². The molecule has 0 saturated carbocycles. The van der Waals surface area contributed by atoms with Gasteiger partial charge < -0.3 is 9.47 Å². The van der Waals surface area contributed by atoms with E-state index in [1.807, 2.05) is 30.3 Å². The molecule has 2 aromatic heterocycles. The molecule has 3 aromatic rings. The first-order valence-electron chi connectivity index (χ1n) is 8.41. The first-order valence-corrected chi connectivity index (χ1v) is 8.41. The summed E-state index contributed by atoms with van der Waals surface area (Å²) in [4.78, 5) is 30.2. The SMILES string of the molecule is Cn1c(=O)c(CN2CCN(c3ncccn3)CC2)nc2ccccc21. The molecule has 0 amide bonds. The Labute approximate surface area is 145 Å². The lowest BCUT2D eigenvalue weighted by Gasteiger charge is -2.34. The summed E-state index contributed by atoms with van der Waals surface area (Å²) < 4.78 is 1.69. The van der Waals surface area contributed by atoms with Crippen molar-refractivity contribution in [2.75, 3.05) is 31.1 Å². The number of nitrogens with zero attached hydrogens (tertiary/aromatic N) is 6. The summed E-state index contributed by atoms with van der Waals surface area (Å²) in [7, 11) is 1.81. The van der Waals surface area contributed by atoms with Gasteiger partial charge in [-0.1, -0.05) is 12.1 Å². The molecular weight excluding hydrogens is 316 g/mol. The highest BCUT2D eigenvalue weighted by atomic mass is 16.1. The molecule has 1 fully saturated rings. The fraction of sp³-hybridized carbons (Fsp3) is 0.333. The van der Waals surface area contributed by atoms with Crippen molar-refractivity contribution in [1.29, 1.82) is 0 Å². The Balaban J connectivity index is 1.50. The standard InChI is InChI=1S/C18H20N6O/c1-22-16-6-3-2-5-14(16)21-15(17(22)25)13-23-9-11-24(12-10-23)18-19-7-4-8-20-18/h2-8H,9-13H2,1H3. The second kappa shape index (κ2) is 6.60. The van der Waals surface area contributed by atoms with Gasteiger partial charge in [-0.25, -0.2) is 15.0 Å². The molecule has 0 bridgehead atoms. The average Bonchev–Trinajstić information content (AvgIpc) is 2.67. The third kappa shape index (κ3) is 3.10. The van der Waals surface area contributed by atoms with Gasteiger partial charge in [0.25, 0.3) is 5.56 Å². The highest BCUT2D eigenvalue weighted by Crippen LogP contribution is 2.13. The average molecular weight is 336 g/mol. The molecule has 0 N–H and O–H groups in total. The lowest BCUT2D eigenvalue weighted by atomic mass is 10.2. The fourth-order valence-corrected chi connectivity index (χ4v) is 3.21. The van der Waals surface area contributed by atoms with Crippen molar-refractivity contribution >= 4 is 17.0 Å². The van der Waals surface area contributed by atoms with E-state index in [0.29, 0.717) is 12.2 Å². The minimum absolute atomic E-state index is 0.0208. The molecule has 1 aromatic carbocycles. The number of piperazine rings is 1. The second-order valence-corrected chi connectivity index (χ2v) is 6.22. The van der Waals surface area contributed by atoms with E-state index in [0.717, 1.165) is 43.2 Å². The van der Waals surface area contributed by atoms with Crippen LogP contribution in [-0.4, -0.2) is 50.6 Å². The summed E-state index contributed by atoms with van der Waals surface area (Å²) in [5.74, 6) is 0.766. The number of hydrogen-bond donors (Lipinski definition) is 0. The van der Waals surface area contributed by atoms with Gasteiger partial charge in [0.15, 0.2) is 0 Å². The maximum atomic E-state index is 12.6. The number of rotatable bonds is 3. The normalized spacial score (nSPS) is 15.6. The summed E-state index contributed by atoms with van der Waals surface area (Å²) in [6.45, 7) is 3.97. The maximum absolute atomic E-state index is 12.6. The Morgan fingerprint density at radius 1 is 1.00 bits per heavy atom. The molecule has 0 radical (unpaired) electrons. The Kier molecular flexibility index (Phi) is 4.15. The zero-order chi connectivity index (χ0) is 17.2. The molecule has 128 valence electrons. The van der Waals surface area contributed by atoms with Gasteiger partial charge in [0.05, 0.1) is 11.0 Å². The number of benzene rings is 1. The zero-order valence-electron chi connectivity index (χ0n) is 14.2. The minimum atomic E-state index is -0.0208. The molecule has 0 aliphatic carbocycles. The molecule has 4 rings (SSSR count). The highest BCUT2D eigenvalue weighted by molar-refractivity contribution is 5.74. The van der Waals surface area contributed by atoms with E-state index in [2.05, 4.69) is 24.8 Å². The predicted molar refractivity (Wildman–Crippen MR) is 96.5 cm³/mol. The van der Waals surface area contributed by atoms with Crippen LogP contribution in [0.4, 0.5) is 5.95 Å². The number of aryl methyl sites for hydroxylation is 1. The van der Waals surface area contributed by atoms with Crippen LogP contribution in [0, 0.1) is 0 Å². The summed E-state index contributed by atoms with van der Waals surface area (Å²) in [6.07, 6.45) is 3.52. The summed E-state index contributed by atoms with van der Waals surface area (Å²) in [6, 6.07) is 9.56. The fourth-order valence-electron chi connectivity index (χ4n) is 3.21. The predicted octanol–water partition coefficient (Wildman–Crippen LogP) is 1.05. The van der Waals surface area contributed by atoms with Crippen LogP contribution in [0.15, 0.2) is 47.5 Å². The van der Waals surface area contributed by atoms with Crippen molar-refractivity contribution in [2.45, 2.75) is 6.54 Å². The Morgan fingerprint density at radius 3 is 2.48 bits per heavy atom. The molecular formula is C18H20N6O. The van der Waals surface area contributed by atoms with Gasteiger partial charge >= 0.3 is 0 Å². The van der Waals surface area contributed by atoms with Crippen LogP contribution in [0.5, 0.6) is 0 Å². The topological polar surface area (TPSA) is 67.2 Å². The first-order chi connectivity index (χ1) is 12.2. The van der Waals surface area contributed by atoms with E-state index in [4.69, 9.17) is 0 Å². The summed E-state index contributed by atoms with van der Waals surface area (Å²) >= 11 is 0. The molecule has 0 unspecified atom stereocenters. The maximum Gasteiger partial charge on any atom is 0.273 e. The Morgan fingerprint density at radius 2 is 1.72 bits per heavy atom. The van der Waals surface area contributed by atoms with E-state index >= 15 is 0 Å². The molecule has 7 heteroatoms. The minimum Gasteiger partial charge on any atom is -0.338 e.